The van der Waals surface area contributed by atoms with E-state index in [0.717, 1.165) is 16.9 Å². The minimum absolute atomic E-state index is 0.140. The normalized spacial score (nSPS) is 10.8. The van der Waals surface area contributed by atoms with Gasteiger partial charge in [0.2, 0.25) is 11.1 Å². The van der Waals surface area contributed by atoms with Gasteiger partial charge in [-0.1, -0.05) is 35.5 Å². The van der Waals surface area contributed by atoms with Crippen molar-refractivity contribution in [3.8, 4) is 0 Å². The van der Waals surface area contributed by atoms with Crippen LogP contribution in [0, 0.1) is 0 Å². The van der Waals surface area contributed by atoms with Crippen LogP contribution < -0.4 is 5.32 Å². The molecule has 0 saturated heterocycles. The first-order valence-corrected chi connectivity index (χ1v) is 9.70. The van der Waals surface area contributed by atoms with Crippen LogP contribution in [0.2, 0.25) is 5.02 Å². The molecule has 0 aliphatic carbocycles. The maximum atomic E-state index is 12.1. The van der Waals surface area contributed by atoms with Crippen molar-refractivity contribution >= 4 is 45.7 Å². The number of halogens is 1. The number of thiazole rings is 1. The van der Waals surface area contributed by atoms with Gasteiger partial charge in [0.25, 0.3) is 0 Å². The summed E-state index contributed by atoms with van der Waals surface area (Å²) >= 11 is 8.74. The van der Waals surface area contributed by atoms with Gasteiger partial charge in [-0.3, -0.25) is 4.79 Å². The molecule has 0 atom stereocenters. The van der Waals surface area contributed by atoms with Crippen LogP contribution >= 0.6 is 34.7 Å². The van der Waals surface area contributed by atoms with E-state index >= 15 is 0 Å². The van der Waals surface area contributed by atoms with Gasteiger partial charge >= 0.3 is 0 Å². The highest BCUT2D eigenvalue weighted by molar-refractivity contribution is 7.99. The Morgan fingerprint density at radius 2 is 2.32 bits per heavy atom. The molecular weight excluding hydrogens is 380 g/mol. The summed E-state index contributed by atoms with van der Waals surface area (Å²) in [6.07, 6.45) is 2.50. The van der Waals surface area contributed by atoms with Gasteiger partial charge in [-0.05, 0) is 35.0 Å². The summed E-state index contributed by atoms with van der Waals surface area (Å²) in [5, 5.41) is 16.0. The predicted molar refractivity (Wildman–Crippen MR) is 99.2 cm³/mol. The topological polar surface area (TPSA) is 85.6 Å². The van der Waals surface area contributed by atoms with Crippen LogP contribution in [0.3, 0.4) is 0 Å². The number of nitrogens with zero attached hydrogens (tertiary/aromatic N) is 5. The van der Waals surface area contributed by atoms with Crippen molar-refractivity contribution in [3.05, 3.63) is 45.9 Å². The maximum absolute atomic E-state index is 12.1. The highest BCUT2D eigenvalue weighted by Gasteiger charge is 2.11. The number of amides is 1. The number of aryl methyl sites for hydroxylation is 1. The molecule has 3 aromatic rings. The number of hydrogen-bond acceptors (Lipinski definition) is 7. The smallest absolute Gasteiger partial charge is 0.236 e. The van der Waals surface area contributed by atoms with Crippen LogP contribution in [0.4, 0.5) is 5.13 Å². The third kappa shape index (κ3) is 5.00. The lowest BCUT2D eigenvalue weighted by atomic mass is 10.1. The zero-order valence-electron chi connectivity index (χ0n) is 13.3. The Morgan fingerprint density at radius 3 is 3.12 bits per heavy atom. The molecule has 0 aliphatic rings. The number of hydrogen-bond donors (Lipinski definition) is 1. The van der Waals surface area contributed by atoms with Crippen molar-refractivity contribution < 1.29 is 4.79 Å². The van der Waals surface area contributed by atoms with E-state index in [1.807, 2.05) is 31.2 Å². The lowest BCUT2D eigenvalue weighted by Gasteiger charge is -2.02. The Morgan fingerprint density at radius 1 is 1.44 bits per heavy atom. The molecule has 0 aliphatic heterocycles. The summed E-state index contributed by atoms with van der Waals surface area (Å²) < 4.78 is 1.64. The Balaban J connectivity index is 1.53. The standard InChI is InChI=1S/C15H15ClN6OS2/c1-2-22-15(19-20-21-22)24-9-13(23)18-14-17-8-12(25-14)7-10-4-3-5-11(16)6-10/h3-6,8H,2,7,9H2,1H3,(H,17,18,23). The van der Waals surface area contributed by atoms with E-state index in [4.69, 9.17) is 11.6 Å². The molecule has 3 rings (SSSR count). The molecule has 1 aromatic carbocycles. The molecule has 7 nitrogen and oxygen atoms in total. The number of thioether (sulfide) groups is 1. The van der Waals surface area contributed by atoms with E-state index in [2.05, 4.69) is 25.8 Å². The van der Waals surface area contributed by atoms with Crippen molar-refractivity contribution in [3.63, 3.8) is 0 Å². The molecule has 25 heavy (non-hydrogen) atoms. The van der Waals surface area contributed by atoms with Gasteiger partial charge in [-0.25, -0.2) is 9.67 Å². The number of tetrazole rings is 1. The Kier molecular flexibility index (Phi) is 6.00. The average Bonchev–Trinajstić information content (AvgIpc) is 3.22. The van der Waals surface area contributed by atoms with Crippen LogP contribution in [0.25, 0.3) is 0 Å². The fourth-order valence-corrected chi connectivity index (χ4v) is 3.90. The zero-order valence-corrected chi connectivity index (χ0v) is 15.7. The first-order chi connectivity index (χ1) is 12.1. The zero-order chi connectivity index (χ0) is 17.6. The molecule has 130 valence electrons. The minimum Gasteiger partial charge on any atom is -0.301 e. The van der Waals surface area contributed by atoms with Crippen molar-refractivity contribution in [2.45, 2.75) is 25.0 Å². The third-order valence-electron chi connectivity index (χ3n) is 3.20. The summed E-state index contributed by atoms with van der Waals surface area (Å²) in [6, 6.07) is 7.70. The molecule has 0 radical (unpaired) electrons. The molecule has 0 fully saturated rings. The maximum Gasteiger partial charge on any atom is 0.236 e. The second-order valence-corrected chi connectivity index (χ2v) is 7.55. The van der Waals surface area contributed by atoms with Gasteiger partial charge in [-0.2, -0.15) is 0 Å². The van der Waals surface area contributed by atoms with Gasteiger partial charge in [0.1, 0.15) is 0 Å². The molecule has 0 spiro atoms. The van der Waals surface area contributed by atoms with E-state index in [-0.39, 0.29) is 11.7 Å². The van der Waals surface area contributed by atoms with E-state index in [1.54, 1.807) is 10.9 Å². The van der Waals surface area contributed by atoms with Crippen molar-refractivity contribution in [2.24, 2.45) is 0 Å². The molecule has 1 N–H and O–H groups in total. The van der Waals surface area contributed by atoms with Gasteiger partial charge < -0.3 is 5.32 Å². The highest BCUT2D eigenvalue weighted by Crippen LogP contribution is 2.23. The second-order valence-electron chi connectivity index (χ2n) is 5.05. The highest BCUT2D eigenvalue weighted by atomic mass is 35.5. The van der Waals surface area contributed by atoms with Gasteiger partial charge in [0.05, 0.1) is 5.75 Å². The van der Waals surface area contributed by atoms with Crippen LogP contribution in [0.1, 0.15) is 17.4 Å². The summed E-state index contributed by atoms with van der Waals surface area (Å²) in [5.74, 6) is 0.0862. The molecule has 2 aromatic heterocycles. The Bertz CT molecular complexity index is 865. The first kappa shape index (κ1) is 17.8. The summed E-state index contributed by atoms with van der Waals surface area (Å²) in [6.45, 7) is 2.60. The number of anilines is 1. The molecular formula is C15H15ClN6OS2. The van der Waals surface area contributed by atoms with Gasteiger partial charge in [0, 0.05) is 29.1 Å². The summed E-state index contributed by atoms with van der Waals surface area (Å²) in [7, 11) is 0. The average molecular weight is 395 g/mol. The van der Waals surface area contributed by atoms with Crippen molar-refractivity contribution in [1.29, 1.82) is 0 Å². The van der Waals surface area contributed by atoms with Crippen molar-refractivity contribution in [1.82, 2.24) is 25.2 Å². The molecule has 0 unspecified atom stereocenters. The molecule has 0 saturated carbocycles. The van der Waals surface area contributed by atoms with Crippen LogP contribution in [-0.2, 0) is 17.8 Å². The van der Waals surface area contributed by atoms with Crippen LogP contribution in [-0.4, -0.2) is 36.9 Å². The lowest BCUT2D eigenvalue weighted by molar-refractivity contribution is -0.113. The quantitative estimate of drug-likeness (QED) is 0.619. The number of rotatable bonds is 7. The fourth-order valence-electron chi connectivity index (χ4n) is 2.08. The number of carbonyl (C=O) groups is 1. The van der Waals surface area contributed by atoms with Crippen LogP contribution in [0.15, 0.2) is 35.6 Å². The monoisotopic (exact) mass is 394 g/mol. The van der Waals surface area contributed by atoms with Gasteiger partial charge in [0.15, 0.2) is 5.13 Å². The summed E-state index contributed by atoms with van der Waals surface area (Å²) in [4.78, 5) is 17.4. The molecule has 10 heteroatoms. The molecule has 1 amide bonds. The van der Waals surface area contributed by atoms with Crippen molar-refractivity contribution in [2.75, 3.05) is 11.1 Å². The predicted octanol–water partition coefficient (Wildman–Crippen LogP) is 3.12. The summed E-state index contributed by atoms with van der Waals surface area (Å²) in [5.41, 5.74) is 1.11. The SMILES string of the molecule is CCn1nnnc1SCC(=O)Nc1ncc(Cc2cccc(Cl)c2)s1. The number of aromatic nitrogens is 5. The Labute approximate surface area is 157 Å². The molecule has 2 heterocycles. The molecule has 0 bridgehead atoms. The number of benzene rings is 1. The lowest BCUT2D eigenvalue weighted by Crippen LogP contribution is -2.14. The third-order valence-corrected chi connectivity index (χ3v) is 5.30. The largest absolute Gasteiger partial charge is 0.301 e. The second kappa shape index (κ2) is 8.41. The van der Waals surface area contributed by atoms with E-state index in [1.165, 1.54) is 23.1 Å². The van der Waals surface area contributed by atoms with E-state index < -0.39 is 0 Å². The minimum atomic E-state index is -0.140. The number of carbonyl (C=O) groups excluding carboxylic acids is 1. The number of nitrogens with one attached hydrogen (secondary N) is 1. The van der Waals surface area contributed by atoms with E-state index in [9.17, 15) is 4.79 Å². The van der Waals surface area contributed by atoms with E-state index in [0.29, 0.717) is 21.9 Å². The first-order valence-electron chi connectivity index (χ1n) is 7.52. The Hall–Kier alpha value is -1.97. The van der Waals surface area contributed by atoms with Crippen LogP contribution in [0.5, 0.6) is 0 Å². The van der Waals surface area contributed by atoms with Gasteiger partial charge in [-0.15, -0.1) is 16.4 Å². The fraction of sp³-hybridized carbons (Fsp3) is 0.267.